The molecule has 1 saturated heterocycles. The summed E-state index contributed by atoms with van der Waals surface area (Å²) in [6.45, 7) is 3.42. The smallest absolute Gasteiger partial charge is 0.352 e. The number of hydrogen-bond acceptors (Lipinski definition) is 3. The number of aliphatic hydroxyl groups is 1. The van der Waals surface area contributed by atoms with Crippen molar-refractivity contribution in [3.63, 3.8) is 0 Å². The first-order valence-corrected chi connectivity index (χ1v) is 4.91. The molecule has 0 aromatic rings. The molecule has 1 fully saturated rings. The quantitative estimate of drug-likeness (QED) is 0.621. The second kappa shape index (κ2) is 3.06. The van der Waals surface area contributed by atoms with Crippen LogP contribution in [-0.2, 0) is 9.59 Å². The Balaban J connectivity index is 2.26. The van der Waals surface area contributed by atoms with Crippen molar-refractivity contribution in [2.24, 2.45) is 11.8 Å². The van der Waals surface area contributed by atoms with Crippen LogP contribution >= 0.6 is 0 Å². The van der Waals surface area contributed by atoms with Gasteiger partial charge < -0.3 is 15.1 Å². The highest BCUT2D eigenvalue weighted by molar-refractivity contribution is 5.99. The number of fused-ring (bicyclic) bond motifs is 1. The van der Waals surface area contributed by atoms with E-state index in [1.54, 1.807) is 13.0 Å². The fraction of sp³-hybridized carbons (Fsp3) is 0.600. The summed E-state index contributed by atoms with van der Waals surface area (Å²) in [6, 6.07) is -0.177. The largest absolute Gasteiger partial charge is 0.477 e. The van der Waals surface area contributed by atoms with Crippen molar-refractivity contribution >= 4 is 11.9 Å². The number of carbonyl (C=O) groups is 2. The van der Waals surface area contributed by atoms with Crippen LogP contribution in [0.3, 0.4) is 0 Å². The van der Waals surface area contributed by atoms with Crippen molar-refractivity contribution in [2.45, 2.75) is 26.0 Å². The van der Waals surface area contributed by atoms with E-state index in [1.165, 1.54) is 4.90 Å². The predicted octanol–water partition coefficient (Wildman–Crippen LogP) is -0.188. The molecule has 4 atom stereocenters. The molecular formula is C10H13NO4. The minimum atomic E-state index is -1.08. The molecule has 0 spiro atoms. The molecule has 5 heteroatoms. The van der Waals surface area contributed by atoms with Gasteiger partial charge in [-0.1, -0.05) is 6.92 Å². The molecule has 82 valence electrons. The molecule has 0 aromatic carbocycles. The Morgan fingerprint density at radius 1 is 1.60 bits per heavy atom. The van der Waals surface area contributed by atoms with Gasteiger partial charge in [0.15, 0.2) is 0 Å². The number of carboxylic acid groups (broad SMARTS) is 1. The number of amides is 1. The van der Waals surface area contributed by atoms with Crippen LogP contribution in [0.2, 0.25) is 0 Å². The molecule has 2 aliphatic rings. The zero-order chi connectivity index (χ0) is 11.3. The number of carbonyl (C=O) groups excluding carboxylic acids is 1. The van der Waals surface area contributed by atoms with Crippen LogP contribution in [0.4, 0.5) is 0 Å². The van der Waals surface area contributed by atoms with E-state index in [1.807, 2.05) is 6.92 Å². The average molecular weight is 211 g/mol. The van der Waals surface area contributed by atoms with Crippen molar-refractivity contribution in [3.8, 4) is 0 Å². The van der Waals surface area contributed by atoms with Gasteiger partial charge in [-0.3, -0.25) is 4.79 Å². The Hall–Kier alpha value is -1.36. The molecule has 0 bridgehead atoms. The summed E-state index contributed by atoms with van der Waals surface area (Å²) in [4.78, 5) is 23.7. The van der Waals surface area contributed by atoms with Gasteiger partial charge in [0.25, 0.3) is 0 Å². The first-order chi connectivity index (χ1) is 6.95. The molecule has 2 N–H and O–H groups in total. The lowest BCUT2D eigenvalue weighted by Crippen LogP contribution is -2.63. The number of β-lactam (4-membered cyclic amide) rings is 1. The molecule has 3 unspecified atom stereocenters. The number of nitrogens with zero attached hydrogens (tertiary/aromatic N) is 1. The third kappa shape index (κ3) is 1.19. The van der Waals surface area contributed by atoms with Gasteiger partial charge in [0, 0.05) is 0 Å². The predicted molar refractivity (Wildman–Crippen MR) is 50.7 cm³/mol. The number of rotatable bonds is 2. The molecule has 15 heavy (non-hydrogen) atoms. The molecule has 0 radical (unpaired) electrons. The van der Waals surface area contributed by atoms with Crippen molar-refractivity contribution in [1.82, 2.24) is 4.90 Å². The van der Waals surface area contributed by atoms with Crippen LogP contribution in [0.1, 0.15) is 13.8 Å². The van der Waals surface area contributed by atoms with Gasteiger partial charge in [0.2, 0.25) is 5.91 Å². The van der Waals surface area contributed by atoms with E-state index in [-0.39, 0.29) is 23.6 Å². The number of aliphatic carboxylic acids is 1. The van der Waals surface area contributed by atoms with Gasteiger partial charge in [-0.2, -0.15) is 0 Å². The Bertz CT molecular complexity index is 360. The van der Waals surface area contributed by atoms with Gasteiger partial charge in [-0.25, -0.2) is 4.79 Å². The Labute approximate surface area is 87.0 Å². The normalized spacial score (nSPS) is 35.7. The van der Waals surface area contributed by atoms with E-state index in [0.717, 1.165) is 0 Å². The van der Waals surface area contributed by atoms with E-state index in [9.17, 15) is 14.7 Å². The SMILES string of the molecule is CC(O)C1C(=O)N2C(C(=O)O)=CC(C)[C@H]12. The molecule has 2 heterocycles. The molecule has 5 nitrogen and oxygen atoms in total. The highest BCUT2D eigenvalue weighted by atomic mass is 16.4. The molecule has 1 amide bonds. The van der Waals surface area contributed by atoms with Crippen molar-refractivity contribution < 1.29 is 19.8 Å². The highest BCUT2D eigenvalue weighted by Gasteiger charge is 2.57. The summed E-state index contributed by atoms with van der Waals surface area (Å²) in [5, 5.41) is 18.3. The Kier molecular flexibility index (Phi) is 2.08. The van der Waals surface area contributed by atoms with E-state index in [4.69, 9.17) is 5.11 Å². The topological polar surface area (TPSA) is 77.8 Å². The van der Waals surface area contributed by atoms with Crippen LogP contribution in [0, 0.1) is 11.8 Å². The molecule has 0 aliphatic carbocycles. The fourth-order valence-corrected chi connectivity index (χ4v) is 2.47. The van der Waals surface area contributed by atoms with Gasteiger partial charge >= 0.3 is 5.97 Å². The molecule has 0 saturated carbocycles. The maximum Gasteiger partial charge on any atom is 0.352 e. The third-order valence-electron chi connectivity index (χ3n) is 3.15. The van der Waals surface area contributed by atoms with E-state index >= 15 is 0 Å². The monoisotopic (exact) mass is 211 g/mol. The van der Waals surface area contributed by atoms with Crippen molar-refractivity contribution in [1.29, 1.82) is 0 Å². The van der Waals surface area contributed by atoms with Crippen LogP contribution < -0.4 is 0 Å². The van der Waals surface area contributed by atoms with E-state index < -0.39 is 18.0 Å². The lowest BCUT2D eigenvalue weighted by Gasteiger charge is -2.46. The lowest BCUT2D eigenvalue weighted by atomic mass is 9.79. The van der Waals surface area contributed by atoms with Crippen molar-refractivity contribution in [3.05, 3.63) is 11.8 Å². The Morgan fingerprint density at radius 2 is 2.20 bits per heavy atom. The maximum atomic E-state index is 11.6. The Morgan fingerprint density at radius 3 is 2.67 bits per heavy atom. The molecule has 0 aromatic heterocycles. The first kappa shape index (κ1) is 10.2. The van der Waals surface area contributed by atoms with Gasteiger partial charge in [-0.15, -0.1) is 0 Å². The number of aliphatic hydroxyl groups excluding tert-OH is 1. The summed E-state index contributed by atoms with van der Waals surface area (Å²) in [7, 11) is 0. The van der Waals surface area contributed by atoms with Gasteiger partial charge in [-0.05, 0) is 18.9 Å². The summed E-state index contributed by atoms with van der Waals surface area (Å²) < 4.78 is 0. The second-order valence-electron chi connectivity index (χ2n) is 4.18. The summed E-state index contributed by atoms with van der Waals surface area (Å²) in [5.41, 5.74) is 0.0504. The first-order valence-electron chi connectivity index (χ1n) is 4.91. The van der Waals surface area contributed by atoms with E-state index in [2.05, 4.69) is 0 Å². The standard InChI is InChI=1S/C10H13NO4/c1-4-3-6(10(14)15)11-8(4)7(5(2)12)9(11)13/h3-5,7-8,12H,1-2H3,(H,14,15)/t4?,5?,7?,8-/m1/s1. The zero-order valence-electron chi connectivity index (χ0n) is 8.54. The summed E-state index contributed by atoms with van der Waals surface area (Å²) >= 11 is 0. The number of hydrogen-bond donors (Lipinski definition) is 2. The van der Waals surface area contributed by atoms with Gasteiger partial charge in [0.1, 0.15) is 5.70 Å². The van der Waals surface area contributed by atoms with Crippen LogP contribution in [-0.4, -0.2) is 39.1 Å². The van der Waals surface area contributed by atoms with Gasteiger partial charge in [0.05, 0.1) is 18.1 Å². The fourth-order valence-electron chi connectivity index (χ4n) is 2.47. The summed E-state index contributed by atoms with van der Waals surface area (Å²) in [5.74, 6) is -1.82. The van der Waals surface area contributed by atoms with Crippen molar-refractivity contribution in [2.75, 3.05) is 0 Å². The van der Waals surface area contributed by atoms with Crippen LogP contribution in [0.25, 0.3) is 0 Å². The minimum absolute atomic E-state index is 0.00611. The highest BCUT2D eigenvalue weighted by Crippen LogP contribution is 2.43. The second-order valence-corrected chi connectivity index (χ2v) is 4.18. The maximum absolute atomic E-state index is 11.6. The zero-order valence-corrected chi connectivity index (χ0v) is 8.54. The average Bonchev–Trinajstić information content (AvgIpc) is 2.38. The lowest BCUT2D eigenvalue weighted by molar-refractivity contribution is -0.163. The third-order valence-corrected chi connectivity index (χ3v) is 3.15. The van der Waals surface area contributed by atoms with Crippen LogP contribution in [0.15, 0.2) is 11.8 Å². The summed E-state index contributed by atoms with van der Waals surface area (Å²) in [6.07, 6.45) is 0.857. The molecule has 2 aliphatic heterocycles. The van der Waals surface area contributed by atoms with Crippen LogP contribution in [0.5, 0.6) is 0 Å². The minimum Gasteiger partial charge on any atom is -0.477 e. The molecular weight excluding hydrogens is 198 g/mol. The van der Waals surface area contributed by atoms with E-state index in [0.29, 0.717) is 0 Å². The molecule has 2 rings (SSSR count). The number of carboxylic acids is 1.